The third-order valence-electron chi connectivity index (χ3n) is 5.32. The Kier molecular flexibility index (Phi) is 5.76. The van der Waals surface area contributed by atoms with E-state index in [2.05, 4.69) is 4.98 Å². The summed E-state index contributed by atoms with van der Waals surface area (Å²) in [7, 11) is -3.80. The Balaban J connectivity index is 1.86. The highest BCUT2D eigenvalue weighted by atomic mass is 35.5. The Bertz CT molecular complexity index is 1080. The summed E-state index contributed by atoms with van der Waals surface area (Å²) >= 11 is 6.02. The second kappa shape index (κ2) is 8.30. The van der Waals surface area contributed by atoms with Gasteiger partial charge in [0, 0.05) is 28.7 Å². The highest BCUT2D eigenvalue weighted by Gasteiger charge is 2.37. The van der Waals surface area contributed by atoms with Gasteiger partial charge in [-0.1, -0.05) is 43.1 Å². The Morgan fingerprint density at radius 1 is 1.07 bits per heavy atom. The first kappa shape index (κ1) is 20.1. The highest BCUT2D eigenvalue weighted by Crippen LogP contribution is 2.36. The van der Waals surface area contributed by atoms with Gasteiger partial charge in [-0.25, -0.2) is 8.42 Å². The van der Waals surface area contributed by atoms with Crippen molar-refractivity contribution < 1.29 is 12.8 Å². The van der Waals surface area contributed by atoms with Gasteiger partial charge >= 0.3 is 0 Å². The average Bonchev–Trinajstić information content (AvgIpc) is 3.21. The van der Waals surface area contributed by atoms with Crippen molar-refractivity contribution in [1.29, 1.82) is 0 Å². The Morgan fingerprint density at radius 3 is 2.48 bits per heavy atom. The summed E-state index contributed by atoms with van der Waals surface area (Å²) in [6.07, 6.45) is 3.55. The summed E-state index contributed by atoms with van der Waals surface area (Å²) in [5.41, 5.74) is 1.36. The topological polar surface area (TPSA) is 63.4 Å². The molecule has 1 aromatic heterocycles. The van der Waals surface area contributed by atoms with Gasteiger partial charge in [-0.2, -0.15) is 9.29 Å². The molecular weight excluding hydrogens is 408 g/mol. The molecule has 1 fully saturated rings. The number of nitrogens with zero attached hydrogens (tertiary/aromatic N) is 2. The van der Waals surface area contributed by atoms with Crippen LogP contribution in [0.3, 0.4) is 0 Å². The fourth-order valence-corrected chi connectivity index (χ4v) is 5.73. The lowest BCUT2D eigenvalue weighted by Gasteiger charge is -2.33. The van der Waals surface area contributed by atoms with Crippen molar-refractivity contribution in [1.82, 2.24) is 9.29 Å². The van der Waals surface area contributed by atoms with E-state index in [0.717, 1.165) is 31.2 Å². The van der Waals surface area contributed by atoms with Gasteiger partial charge < -0.3 is 4.42 Å². The van der Waals surface area contributed by atoms with Crippen molar-refractivity contribution in [3.8, 4) is 22.8 Å². The monoisotopic (exact) mass is 430 g/mol. The molecule has 4 rings (SSSR count). The van der Waals surface area contributed by atoms with Crippen LogP contribution < -0.4 is 0 Å². The van der Waals surface area contributed by atoms with Crippen LogP contribution in [0.2, 0.25) is 5.02 Å². The second-order valence-electron chi connectivity index (χ2n) is 7.20. The molecule has 29 heavy (non-hydrogen) atoms. The molecule has 0 N–H and O–H groups in total. The van der Waals surface area contributed by atoms with Gasteiger partial charge in [0.15, 0.2) is 5.76 Å². The fourth-order valence-electron chi connectivity index (χ4n) is 3.78. The fraction of sp³-hybridized carbons (Fsp3) is 0.318. The van der Waals surface area contributed by atoms with Crippen molar-refractivity contribution >= 4 is 21.6 Å². The Labute approximate surface area is 176 Å². The predicted molar refractivity (Wildman–Crippen MR) is 114 cm³/mol. The van der Waals surface area contributed by atoms with Gasteiger partial charge in [0.2, 0.25) is 10.9 Å². The second-order valence-corrected chi connectivity index (χ2v) is 9.44. The SMILES string of the molecule is CCC1CCCCN1S(=O)(=O)c1nc(-c2ccccc2)oc1-c1ccc(Cl)cc1. The van der Waals surface area contributed by atoms with Crippen LogP contribution in [0.4, 0.5) is 0 Å². The van der Waals surface area contributed by atoms with E-state index in [1.54, 1.807) is 28.6 Å². The van der Waals surface area contributed by atoms with Crippen molar-refractivity contribution in [3.05, 3.63) is 59.6 Å². The molecule has 1 saturated heterocycles. The van der Waals surface area contributed by atoms with Crippen LogP contribution in [0.1, 0.15) is 32.6 Å². The van der Waals surface area contributed by atoms with Gasteiger partial charge in [-0.15, -0.1) is 0 Å². The van der Waals surface area contributed by atoms with Crippen molar-refractivity contribution in [2.24, 2.45) is 0 Å². The Hall–Kier alpha value is -2.15. The molecule has 0 aliphatic carbocycles. The molecule has 152 valence electrons. The van der Waals surface area contributed by atoms with E-state index in [1.165, 1.54) is 0 Å². The number of sulfonamides is 1. The largest absolute Gasteiger partial charge is 0.435 e. The molecule has 0 amide bonds. The predicted octanol–water partition coefficient (Wildman–Crippen LogP) is 5.62. The van der Waals surface area contributed by atoms with Crippen molar-refractivity contribution in [2.75, 3.05) is 6.54 Å². The zero-order chi connectivity index (χ0) is 20.4. The number of rotatable bonds is 5. The molecule has 3 aromatic rings. The van der Waals surface area contributed by atoms with E-state index in [0.29, 0.717) is 23.0 Å². The molecule has 5 nitrogen and oxygen atoms in total. The van der Waals surface area contributed by atoms with Crippen molar-refractivity contribution in [2.45, 2.75) is 43.7 Å². The average molecular weight is 431 g/mol. The molecule has 1 aliphatic heterocycles. The number of oxazole rings is 1. The zero-order valence-corrected chi connectivity index (χ0v) is 17.8. The van der Waals surface area contributed by atoms with E-state index in [4.69, 9.17) is 16.0 Å². The quantitative estimate of drug-likeness (QED) is 0.527. The maximum absolute atomic E-state index is 13.6. The molecule has 7 heteroatoms. The molecule has 0 radical (unpaired) electrons. The lowest BCUT2D eigenvalue weighted by molar-refractivity contribution is 0.246. The van der Waals surface area contributed by atoms with Crippen LogP contribution in [-0.2, 0) is 10.0 Å². The normalized spacial score (nSPS) is 18.1. The first-order valence-corrected chi connectivity index (χ1v) is 11.7. The van der Waals surface area contributed by atoms with E-state index in [9.17, 15) is 8.42 Å². The summed E-state index contributed by atoms with van der Waals surface area (Å²) in [6, 6.07) is 16.3. The number of halogens is 1. The number of benzene rings is 2. The molecule has 0 bridgehead atoms. The van der Waals surface area contributed by atoms with Crippen LogP contribution in [0.15, 0.2) is 64.0 Å². The molecule has 2 heterocycles. The van der Waals surface area contributed by atoms with E-state index >= 15 is 0 Å². The molecule has 1 aliphatic rings. The molecular formula is C22H23ClN2O3S. The lowest BCUT2D eigenvalue weighted by Crippen LogP contribution is -2.43. The lowest BCUT2D eigenvalue weighted by atomic mass is 10.0. The first-order chi connectivity index (χ1) is 14.0. The van der Waals surface area contributed by atoms with Gasteiger partial charge in [0.25, 0.3) is 10.0 Å². The molecule has 0 spiro atoms. The van der Waals surface area contributed by atoms with Crippen molar-refractivity contribution in [3.63, 3.8) is 0 Å². The number of piperidine rings is 1. The van der Waals surface area contributed by atoms with Crippen LogP contribution in [-0.4, -0.2) is 30.3 Å². The van der Waals surface area contributed by atoms with E-state index < -0.39 is 10.0 Å². The Morgan fingerprint density at radius 2 is 1.79 bits per heavy atom. The highest BCUT2D eigenvalue weighted by molar-refractivity contribution is 7.89. The third-order valence-corrected chi connectivity index (χ3v) is 7.44. The summed E-state index contributed by atoms with van der Waals surface area (Å²) < 4.78 is 34.9. The summed E-state index contributed by atoms with van der Waals surface area (Å²) in [5, 5.41) is 0.544. The van der Waals surface area contributed by atoms with Gasteiger partial charge in [-0.05, 0) is 55.7 Å². The molecule has 1 atom stereocenters. The minimum absolute atomic E-state index is 0.0105. The smallest absolute Gasteiger partial charge is 0.264 e. The minimum Gasteiger partial charge on any atom is -0.435 e. The summed E-state index contributed by atoms with van der Waals surface area (Å²) in [5.74, 6) is 0.542. The third kappa shape index (κ3) is 3.97. The van der Waals surface area contributed by atoms with Gasteiger partial charge in [-0.3, -0.25) is 0 Å². The number of hydrogen-bond donors (Lipinski definition) is 0. The molecule has 1 unspecified atom stereocenters. The zero-order valence-electron chi connectivity index (χ0n) is 16.2. The van der Waals surface area contributed by atoms with Crippen LogP contribution in [0.5, 0.6) is 0 Å². The number of aromatic nitrogens is 1. The van der Waals surface area contributed by atoms with E-state index in [1.807, 2.05) is 37.3 Å². The van der Waals surface area contributed by atoms with Gasteiger partial charge in [0.05, 0.1) is 0 Å². The van der Waals surface area contributed by atoms with Gasteiger partial charge in [0.1, 0.15) is 0 Å². The standard InChI is InChI=1S/C22H23ClN2O3S/c1-2-19-10-6-7-15-25(19)29(26,27)22-20(16-11-13-18(23)14-12-16)28-21(24-22)17-8-4-3-5-9-17/h3-5,8-9,11-14,19H,2,6-7,10,15H2,1H3. The van der Waals surface area contributed by atoms with Crippen LogP contribution in [0.25, 0.3) is 22.8 Å². The maximum Gasteiger partial charge on any atom is 0.264 e. The van der Waals surface area contributed by atoms with Crippen LogP contribution in [0, 0.1) is 0 Å². The van der Waals surface area contributed by atoms with Crippen LogP contribution >= 0.6 is 11.6 Å². The first-order valence-electron chi connectivity index (χ1n) is 9.84. The maximum atomic E-state index is 13.6. The van der Waals surface area contributed by atoms with E-state index in [-0.39, 0.29) is 16.8 Å². The molecule has 0 saturated carbocycles. The molecule has 2 aromatic carbocycles. The summed E-state index contributed by atoms with van der Waals surface area (Å²) in [4.78, 5) is 4.47. The minimum atomic E-state index is -3.80. The summed E-state index contributed by atoms with van der Waals surface area (Å²) in [6.45, 7) is 2.53. The number of hydrogen-bond acceptors (Lipinski definition) is 4.